The summed E-state index contributed by atoms with van der Waals surface area (Å²) in [6.07, 6.45) is 2.05. The van der Waals surface area contributed by atoms with Gasteiger partial charge in [0.05, 0.1) is 11.5 Å². The molecule has 0 unspecified atom stereocenters. The molecule has 128 valence electrons. The fraction of sp³-hybridized carbons (Fsp3) is 0.421. The molecule has 0 atom stereocenters. The summed E-state index contributed by atoms with van der Waals surface area (Å²) < 4.78 is 5.42. The van der Waals surface area contributed by atoms with Crippen molar-refractivity contribution in [2.45, 2.75) is 12.8 Å². The van der Waals surface area contributed by atoms with Crippen LogP contribution >= 0.6 is 11.3 Å². The Balaban J connectivity index is 1.70. The largest absolute Gasteiger partial charge is 0.384 e. The van der Waals surface area contributed by atoms with Gasteiger partial charge >= 0.3 is 0 Å². The second kappa shape index (κ2) is 7.92. The van der Waals surface area contributed by atoms with E-state index in [0.29, 0.717) is 13.2 Å². The summed E-state index contributed by atoms with van der Waals surface area (Å²) in [7, 11) is 1.73. The number of methoxy groups -OCH3 is 1. The molecule has 24 heavy (non-hydrogen) atoms. The Morgan fingerprint density at radius 2 is 2.00 bits per heavy atom. The molecule has 0 radical (unpaired) electrons. The van der Waals surface area contributed by atoms with E-state index in [1.807, 2.05) is 41.8 Å². The molecule has 1 aromatic carbocycles. The van der Waals surface area contributed by atoms with E-state index in [2.05, 4.69) is 10.6 Å². The number of carbonyl (C=O) groups is 1. The number of carbonyl (C=O) groups excluding carboxylic acids is 1. The van der Waals surface area contributed by atoms with Crippen molar-refractivity contribution >= 4 is 17.2 Å². The lowest BCUT2D eigenvalue weighted by Crippen LogP contribution is -2.47. The van der Waals surface area contributed by atoms with Crippen molar-refractivity contribution in [2.75, 3.05) is 33.4 Å². The Hall–Kier alpha value is -1.69. The van der Waals surface area contributed by atoms with Crippen LogP contribution < -0.4 is 10.6 Å². The molecule has 1 fully saturated rings. The van der Waals surface area contributed by atoms with Crippen LogP contribution in [0.1, 0.15) is 22.5 Å². The van der Waals surface area contributed by atoms with Gasteiger partial charge in [0, 0.05) is 24.6 Å². The third-order valence-electron chi connectivity index (χ3n) is 4.69. The molecule has 3 rings (SSSR count). The van der Waals surface area contributed by atoms with Crippen LogP contribution in [0.2, 0.25) is 0 Å². The Morgan fingerprint density at radius 3 is 2.71 bits per heavy atom. The van der Waals surface area contributed by atoms with Crippen molar-refractivity contribution in [1.82, 2.24) is 10.6 Å². The van der Waals surface area contributed by atoms with Gasteiger partial charge in [0.15, 0.2) is 0 Å². The fourth-order valence-electron chi connectivity index (χ4n) is 3.31. The minimum absolute atomic E-state index is 0.0119. The average Bonchev–Trinajstić information content (AvgIpc) is 3.11. The topological polar surface area (TPSA) is 50.4 Å². The van der Waals surface area contributed by atoms with E-state index in [-0.39, 0.29) is 11.3 Å². The lowest BCUT2D eigenvalue weighted by molar-refractivity contribution is 0.0512. The molecule has 2 aromatic rings. The molecule has 1 saturated heterocycles. The highest BCUT2D eigenvalue weighted by Gasteiger charge is 2.32. The highest BCUT2D eigenvalue weighted by atomic mass is 32.1. The highest BCUT2D eigenvalue weighted by molar-refractivity contribution is 7.12. The molecule has 1 aliphatic rings. The maximum atomic E-state index is 12.7. The molecular weight excluding hydrogens is 320 g/mol. The predicted molar refractivity (Wildman–Crippen MR) is 98.5 cm³/mol. The van der Waals surface area contributed by atoms with Crippen LogP contribution in [0.3, 0.4) is 0 Å². The number of nitrogens with one attached hydrogen (secondary N) is 2. The van der Waals surface area contributed by atoms with Gasteiger partial charge in [-0.25, -0.2) is 0 Å². The normalized spacial score (nSPS) is 16.7. The first-order valence-corrected chi connectivity index (χ1v) is 9.23. The lowest BCUT2D eigenvalue weighted by atomic mass is 9.79. The van der Waals surface area contributed by atoms with Crippen molar-refractivity contribution in [3.63, 3.8) is 0 Å². The van der Waals surface area contributed by atoms with E-state index >= 15 is 0 Å². The number of hydrogen-bond acceptors (Lipinski definition) is 4. The Morgan fingerprint density at radius 1 is 1.25 bits per heavy atom. The molecule has 4 nitrogen and oxygen atoms in total. The molecule has 0 saturated carbocycles. The van der Waals surface area contributed by atoms with Gasteiger partial charge in [-0.1, -0.05) is 30.3 Å². The quantitative estimate of drug-likeness (QED) is 0.846. The lowest BCUT2D eigenvalue weighted by Gasteiger charge is -2.37. The van der Waals surface area contributed by atoms with Crippen molar-refractivity contribution < 1.29 is 9.53 Å². The Kier molecular flexibility index (Phi) is 5.66. The molecule has 5 heteroatoms. The van der Waals surface area contributed by atoms with Gasteiger partial charge in [0.25, 0.3) is 5.91 Å². The summed E-state index contributed by atoms with van der Waals surface area (Å²) in [6, 6.07) is 12.1. The number of hydrogen-bond donors (Lipinski definition) is 2. The zero-order valence-electron chi connectivity index (χ0n) is 14.0. The number of rotatable bonds is 6. The van der Waals surface area contributed by atoms with Gasteiger partial charge in [0.2, 0.25) is 0 Å². The SMILES string of the molecule is COCC1(CNC(=O)c2sccc2-c2ccccc2)CCNCC1. The van der Waals surface area contributed by atoms with Crippen LogP contribution in [0.4, 0.5) is 0 Å². The standard InChI is InChI=1S/C19H24N2O2S/c1-23-14-19(8-10-20-11-9-19)13-21-18(22)17-16(7-12-24-17)15-5-3-2-4-6-15/h2-7,12,20H,8-11,13-14H2,1H3,(H,21,22). The summed E-state index contributed by atoms with van der Waals surface area (Å²) >= 11 is 1.50. The minimum atomic E-state index is 0.0119. The molecule has 0 aliphatic carbocycles. The van der Waals surface area contributed by atoms with Crippen LogP contribution in [0.5, 0.6) is 0 Å². The van der Waals surface area contributed by atoms with Gasteiger partial charge < -0.3 is 15.4 Å². The van der Waals surface area contributed by atoms with Crippen molar-refractivity contribution in [3.05, 3.63) is 46.7 Å². The van der Waals surface area contributed by atoms with E-state index in [9.17, 15) is 4.79 Å². The zero-order chi connectivity index (χ0) is 16.8. The number of thiophene rings is 1. The zero-order valence-corrected chi connectivity index (χ0v) is 14.8. The van der Waals surface area contributed by atoms with Gasteiger partial charge in [-0.3, -0.25) is 4.79 Å². The van der Waals surface area contributed by atoms with Crippen LogP contribution in [0.25, 0.3) is 11.1 Å². The minimum Gasteiger partial charge on any atom is -0.384 e. The Bertz CT molecular complexity index is 658. The molecule has 0 bridgehead atoms. The molecular formula is C19H24N2O2S. The molecule has 1 amide bonds. The molecule has 0 spiro atoms. The summed E-state index contributed by atoms with van der Waals surface area (Å²) in [4.78, 5) is 13.5. The van der Waals surface area contributed by atoms with Crippen molar-refractivity contribution in [1.29, 1.82) is 0 Å². The van der Waals surface area contributed by atoms with Gasteiger partial charge in [-0.05, 0) is 42.9 Å². The third kappa shape index (κ3) is 3.86. The monoisotopic (exact) mass is 344 g/mol. The van der Waals surface area contributed by atoms with Crippen LogP contribution in [-0.4, -0.2) is 39.3 Å². The molecule has 2 N–H and O–H groups in total. The Labute approximate surface area is 147 Å². The molecule has 1 aliphatic heterocycles. The predicted octanol–water partition coefficient (Wildman–Crippen LogP) is 3.16. The van der Waals surface area contributed by atoms with Gasteiger partial charge in [-0.2, -0.15) is 0 Å². The van der Waals surface area contributed by atoms with Gasteiger partial charge in [-0.15, -0.1) is 11.3 Å². The number of ether oxygens (including phenoxy) is 1. The highest BCUT2D eigenvalue weighted by Crippen LogP contribution is 2.30. The van der Waals surface area contributed by atoms with E-state index in [1.165, 1.54) is 11.3 Å². The first kappa shape index (κ1) is 17.1. The average molecular weight is 344 g/mol. The van der Waals surface area contributed by atoms with Gasteiger partial charge in [0.1, 0.15) is 0 Å². The number of amides is 1. The van der Waals surface area contributed by atoms with E-state index < -0.39 is 0 Å². The van der Waals surface area contributed by atoms with Crippen molar-refractivity contribution in [2.24, 2.45) is 5.41 Å². The smallest absolute Gasteiger partial charge is 0.262 e. The van der Waals surface area contributed by atoms with Crippen molar-refractivity contribution in [3.8, 4) is 11.1 Å². The number of benzene rings is 1. The number of piperidine rings is 1. The maximum Gasteiger partial charge on any atom is 0.262 e. The van der Waals surface area contributed by atoms with E-state index in [1.54, 1.807) is 7.11 Å². The first-order valence-electron chi connectivity index (χ1n) is 8.35. The summed E-state index contributed by atoms with van der Waals surface area (Å²) in [5.41, 5.74) is 2.13. The second-order valence-corrected chi connectivity index (χ2v) is 7.31. The fourth-order valence-corrected chi connectivity index (χ4v) is 4.15. The first-order chi connectivity index (χ1) is 11.7. The van der Waals surface area contributed by atoms with E-state index in [0.717, 1.165) is 41.9 Å². The summed E-state index contributed by atoms with van der Waals surface area (Å²) in [5.74, 6) is 0.0119. The molecule has 2 heterocycles. The maximum absolute atomic E-state index is 12.7. The second-order valence-electron chi connectivity index (χ2n) is 6.40. The summed E-state index contributed by atoms with van der Waals surface area (Å²) in [6.45, 7) is 3.30. The van der Waals surface area contributed by atoms with Crippen LogP contribution in [0.15, 0.2) is 41.8 Å². The van der Waals surface area contributed by atoms with E-state index in [4.69, 9.17) is 4.74 Å². The summed E-state index contributed by atoms with van der Waals surface area (Å²) in [5, 5.41) is 8.51. The third-order valence-corrected chi connectivity index (χ3v) is 5.61. The van der Waals surface area contributed by atoms with Crippen LogP contribution in [0, 0.1) is 5.41 Å². The molecule has 1 aromatic heterocycles. The van der Waals surface area contributed by atoms with Crippen LogP contribution in [-0.2, 0) is 4.74 Å².